The second kappa shape index (κ2) is 7.88. The molecule has 3 rings (SSSR count). The van der Waals surface area contributed by atoms with Crippen LogP contribution in [0.3, 0.4) is 0 Å². The van der Waals surface area contributed by atoms with E-state index in [1.54, 1.807) is 10.6 Å². The van der Waals surface area contributed by atoms with Crippen LogP contribution in [-0.4, -0.2) is 33.2 Å². The van der Waals surface area contributed by atoms with Gasteiger partial charge in [-0.2, -0.15) is 0 Å². The highest BCUT2D eigenvalue weighted by atomic mass is 32.2. The molecule has 0 amide bonds. The molecule has 154 valence electrons. The van der Waals surface area contributed by atoms with Crippen molar-refractivity contribution in [3.05, 3.63) is 51.6 Å². The molecule has 10 heteroatoms. The van der Waals surface area contributed by atoms with Crippen LogP contribution in [0.15, 0.2) is 46.1 Å². The van der Waals surface area contributed by atoms with Gasteiger partial charge >= 0.3 is 10.8 Å². The van der Waals surface area contributed by atoms with Crippen molar-refractivity contribution in [2.75, 3.05) is 18.9 Å². The summed E-state index contributed by atoms with van der Waals surface area (Å²) in [4.78, 5) is 23.8. The molecule has 0 unspecified atom stereocenters. The Hall–Kier alpha value is -2.85. The molecule has 0 aliphatic rings. The van der Waals surface area contributed by atoms with Crippen molar-refractivity contribution in [1.82, 2.24) is 4.57 Å². The smallest absolute Gasteiger partial charge is 0.337 e. The Kier molecular flexibility index (Phi) is 5.67. The van der Waals surface area contributed by atoms with Gasteiger partial charge in [0.25, 0.3) is 10.0 Å². The molecule has 0 fully saturated rings. The molecule has 0 saturated carbocycles. The number of carbonyl (C=O) groups is 1. The van der Waals surface area contributed by atoms with Crippen molar-refractivity contribution >= 4 is 43.2 Å². The molecule has 0 bridgehead atoms. The molecule has 8 nitrogen and oxygen atoms in total. The van der Waals surface area contributed by atoms with Crippen molar-refractivity contribution in [3.8, 4) is 5.75 Å². The number of aromatic nitrogens is 1. The SMILES string of the molecule is COC(=O)c1ccc(OC)c(NS(=O)(=O)c2ccc3c(c2)sc(=O)n3C(C)C)c1. The molecule has 1 aromatic heterocycles. The van der Waals surface area contributed by atoms with Gasteiger partial charge in [-0.3, -0.25) is 14.1 Å². The normalized spacial score (nSPS) is 11.6. The number of carbonyl (C=O) groups excluding carboxylic acids is 1. The third-order valence-corrected chi connectivity index (χ3v) is 6.56. The summed E-state index contributed by atoms with van der Waals surface area (Å²) in [7, 11) is -1.37. The third kappa shape index (κ3) is 3.99. The van der Waals surface area contributed by atoms with Crippen LogP contribution in [0.2, 0.25) is 0 Å². The fraction of sp³-hybridized carbons (Fsp3) is 0.263. The van der Waals surface area contributed by atoms with Crippen molar-refractivity contribution in [2.24, 2.45) is 0 Å². The molecule has 0 atom stereocenters. The van der Waals surface area contributed by atoms with Crippen LogP contribution in [0.5, 0.6) is 5.75 Å². The number of benzene rings is 2. The standard InChI is InChI=1S/C19H20N2O6S2/c1-11(2)21-15-7-6-13(10-17(15)28-19(21)23)29(24,25)20-14-9-12(18(22)27-4)5-8-16(14)26-3/h5-11,20H,1-4H3. The van der Waals surface area contributed by atoms with Gasteiger partial charge in [0.1, 0.15) is 5.75 Å². The van der Waals surface area contributed by atoms with E-state index >= 15 is 0 Å². The topological polar surface area (TPSA) is 104 Å². The number of hydrogen-bond acceptors (Lipinski definition) is 7. The number of esters is 1. The number of nitrogens with zero attached hydrogens (tertiary/aromatic N) is 1. The van der Waals surface area contributed by atoms with Gasteiger partial charge in [0.2, 0.25) is 0 Å². The van der Waals surface area contributed by atoms with Gasteiger partial charge < -0.3 is 9.47 Å². The van der Waals surface area contributed by atoms with E-state index in [0.29, 0.717) is 10.2 Å². The van der Waals surface area contributed by atoms with Gasteiger partial charge in [-0.1, -0.05) is 11.3 Å². The lowest BCUT2D eigenvalue weighted by atomic mass is 10.2. The fourth-order valence-corrected chi connectivity index (χ4v) is 5.12. The van der Waals surface area contributed by atoms with Crippen molar-refractivity contribution in [1.29, 1.82) is 0 Å². The van der Waals surface area contributed by atoms with E-state index in [-0.39, 0.29) is 32.8 Å². The molecule has 0 aliphatic heterocycles. The number of ether oxygens (including phenoxy) is 2. The summed E-state index contributed by atoms with van der Waals surface area (Å²) >= 11 is 0.990. The zero-order chi connectivity index (χ0) is 21.3. The number of rotatable bonds is 6. The first-order valence-electron chi connectivity index (χ1n) is 8.62. The Balaban J connectivity index is 2.04. The lowest BCUT2D eigenvalue weighted by molar-refractivity contribution is 0.0600. The predicted octanol–water partition coefficient (Wildman–Crippen LogP) is 3.24. The molecule has 1 heterocycles. The molecule has 0 saturated heterocycles. The average molecular weight is 437 g/mol. The fourth-order valence-electron chi connectivity index (χ4n) is 2.91. The summed E-state index contributed by atoms with van der Waals surface area (Å²) < 4.78 is 40.3. The maximum Gasteiger partial charge on any atom is 0.337 e. The predicted molar refractivity (Wildman–Crippen MR) is 112 cm³/mol. The lowest BCUT2D eigenvalue weighted by Crippen LogP contribution is -2.15. The van der Waals surface area contributed by atoms with Crippen LogP contribution in [0.25, 0.3) is 10.2 Å². The van der Waals surface area contributed by atoms with Gasteiger partial charge in [0.15, 0.2) is 0 Å². The monoisotopic (exact) mass is 436 g/mol. The summed E-state index contributed by atoms with van der Waals surface area (Å²) in [5.41, 5.74) is 0.955. The number of sulfonamides is 1. The molecule has 29 heavy (non-hydrogen) atoms. The van der Waals surface area contributed by atoms with Gasteiger partial charge in [-0.15, -0.1) is 0 Å². The molecule has 0 spiro atoms. The van der Waals surface area contributed by atoms with E-state index in [0.717, 1.165) is 11.3 Å². The first kappa shape index (κ1) is 20.9. The van der Waals surface area contributed by atoms with Crippen molar-refractivity contribution in [3.63, 3.8) is 0 Å². The van der Waals surface area contributed by atoms with E-state index < -0.39 is 16.0 Å². The van der Waals surface area contributed by atoms with Gasteiger partial charge in [0, 0.05) is 6.04 Å². The largest absolute Gasteiger partial charge is 0.495 e. The Labute approximate surface area is 171 Å². The third-order valence-electron chi connectivity index (χ3n) is 4.28. The highest BCUT2D eigenvalue weighted by Gasteiger charge is 2.20. The first-order chi connectivity index (χ1) is 13.7. The van der Waals surface area contributed by atoms with Gasteiger partial charge in [0.05, 0.1) is 40.6 Å². The summed E-state index contributed by atoms with van der Waals surface area (Å²) in [6, 6.07) is 8.76. The number of thiazole rings is 1. The number of fused-ring (bicyclic) bond motifs is 1. The minimum atomic E-state index is -4.00. The maximum absolute atomic E-state index is 12.9. The molecule has 0 radical (unpaired) electrons. The zero-order valence-electron chi connectivity index (χ0n) is 16.3. The first-order valence-corrected chi connectivity index (χ1v) is 10.9. The molecule has 3 aromatic rings. The lowest BCUT2D eigenvalue weighted by Gasteiger charge is -2.13. The Morgan fingerprint density at radius 1 is 1.14 bits per heavy atom. The van der Waals surface area contributed by atoms with Crippen LogP contribution in [-0.2, 0) is 14.8 Å². The quantitative estimate of drug-likeness (QED) is 0.595. The van der Waals surface area contributed by atoms with E-state index in [2.05, 4.69) is 9.46 Å². The Morgan fingerprint density at radius 2 is 1.86 bits per heavy atom. The Bertz CT molecular complexity index is 1240. The molecule has 2 aromatic carbocycles. The molecular formula is C19H20N2O6S2. The second-order valence-electron chi connectivity index (χ2n) is 6.47. The number of methoxy groups -OCH3 is 2. The zero-order valence-corrected chi connectivity index (χ0v) is 17.9. The number of nitrogens with one attached hydrogen (secondary N) is 1. The van der Waals surface area contributed by atoms with Crippen LogP contribution >= 0.6 is 11.3 Å². The minimum absolute atomic E-state index is 0.00678. The molecular weight excluding hydrogens is 416 g/mol. The van der Waals surface area contributed by atoms with Crippen molar-refractivity contribution < 1.29 is 22.7 Å². The highest BCUT2D eigenvalue weighted by molar-refractivity contribution is 7.92. The second-order valence-corrected chi connectivity index (χ2v) is 9.15. The Morgan fingerprint density at radius 3 is 2.48 bits per heavy atom. The van der Waals surface area contributed by atoms with Crippen LogP contribution < -0.4 is 14.3 Å². The van der Waals surface area contributed by atoms with Gasteiger partial charge in [-0.25, -0.2) is 13.2 Å². The van der Waals surface area contributed by atoms with E-state index in [1.165, 1.54) is 44.6 Å². The molecule has 0 aliphatic carbocycles. The van der Waals surface area contributed by atoms with E-state index in [4.69, 9.17) is 4.74 Å². The number of hydrogen-bond donors (Lipinski definition) is 1. The van der Waals surface area contributed by atoms with Crippen LogP contribution in [0.1, 0.15) is 30.2 Å². The van der Waals surface area contributed by atoms with E-state index in [9.17, 15) is 18.0 Å². The van der Waals surface area contributed by atoms with Gasteiger partial charge in [-0.05, 0) is 50.2 Å². The summed E-state index contributed by atoms with van der Waals surface area (Å²) in [6.07, 6.45) is 0. The highest BCUT2D eigenvalue weighted by Crippen LogP contribution is 2.30. The maximum atomic E-state index is 12.9. The minimum Gasteiger partial charge on any atom is -0.495 e. The van der Waals surface area contributed by atoms with E-state index in [1.807, 2.05) is 13.8 Å². The summed E-state index contributed by atoms with van der Waals surface area (Å²) in [6.45, 7) is 3.78. The van der Waals surface area contributed by atoms with Crippen LogP contribution in [0.4, 0.5) is 5.69 Å². The summed E-state index contributed by atoms with van der Waals surface area (Å²) in [5.74, 6) is -0.354. The van der Waals surface area contributed by atoms with Crippen LogP contribution in [0, 0.1) is 0 Å². The summed E-state index contributed by atoms with van der Waals surface area (Å²) in [5, 5.41) is 0. The number of anilines is 1. The average Bonchev–Trinajstić information content (AvgIpc) is 3.02. The molecule has 1 N–H and O–H groups in total. The van der Waals surface area contributed by atoms with Crippen molar-refractivity contribution in [2.45, 2.75) is 24.8 Å².